The lowest BCUT2D eigenvalue weighted by atomic mass is 10.1. The van der Waals surface area contributed by atoms with E-state index in [4.69, 9.17) is 15.7 Å². The number of carbonyl (C=O) groups is 1. The zero-order chi connectivity index (χ0) is 30.9. The second-order valence-electron chi connectivity index (χ2n) is 10.6. The number of carbonyl (C=O) groups excluding carboxylic acids is 1. The van der Waals surface area contributed by atoms with Gasteiger partial charge in [0, 0.05) is 35.6 Å². The third-order valence-electron chi connectivity index (χ3n) is 7.49. The van der Waals surface area contributed by atoms with Gasteiger partial charge in [0.1, 0.15) is 11.3 Å². The number of imidazole rings is 1. The molecule has 10 nitrogen and oxygen atoms in total. The van der Waals surface area contributed by atoms with Crippen molar-refractivity contribution >= 4 is 22.9 Å². The van der Waals surface area contributed by atoms with Crippen molar-refractivity contribution in [1.82, 2.24) is 34.6 Å². The molecule has 0 aliphatic rings. The Morgan fingerprint density at radius 3 is 2.33 bits per heavy atom. The second kappa shape index (κ2) is 11.4. The quantitative estimate of drug-likeness (QED) is 0.211. The van der Waals surface area contributed by atoms with Gasteiger partial charge in [-0.1, -0.05) is 42.5 Å². The summed E-state index contributed by atoms with van der Waals surface area (Å²) in [6, 6.07) is 34.0. The summed E-state index contributed by atoms with van der Waals surface area (Å²) >= 11 is 0. The van der Waals surface area contributed by atoms with Crippen LogP contribution in [0.15, 0.2) is 115 Å². The monoisotopic (exact) mass is 592 g/mol. The highest BCUT2D eigenvalue weighted by molar-refractivity contribution is 5.94. The third kappa shape index (κ3) is 5.36. The molecule has 0 saturated heterocycles. The van der Waals surface area contributed by atoms with Crippen LogP contribution in [0.4, 0.5) is 5.82 Å². The number of nitrogen functional groups attached to an aromatic ring is 1. The molecule has 7 aromatic rings. The third-order valence-corrected chi connectivity index (χ3v) is 7.49. The molecule has 0 spiro atoms. The largest absolute Gasteiger partial charge is 0.493 e. The number of nitrogens with one attached hydrogen (secondary N) is 1. The van der Waals surface area contributed by atoms with Crippen molar-refractivity contribution in [3.8, 4) is 39.9 Å². The SMILES string of the molecule is Cc1cc(O)n(-c2ccc(C(=O)NCc3ccc(-n4c(-c5cccnc5N)nc5ccc(-c6ccccc6)nc54)cc3)cc2)n1. The van der Waals surface area contributed by atoms with E-state index in [1.165, 1.54) is 4.68 Å². The maximum absolute atomic E-state index is 12.9. The van der Waals surface area contributed by atoms with Crippen LogP contribution < -0.4 is 11.1 Å². The van der Waals surface area contributed by atoms with Gasteiger partial charge in [-0.05, 0) is 73.2 Å². The zero-order valence-corrected chi connectivity index (χ0v) is 24.3. The fourth-order valence-electron chi connectivity index (χ4n) is 5.24. The van der Waals surface area contributed by atoms with E-state index in [9.17, 15) is 9.90 Å². The van der Waals surface area contributed by atoms with Crippen LogP contribution in [0, 0.1) is 6.92 Å². The van der Waals surface area contributed by atoms with Crippen molar-refractivity contribution in [2.24, 2.45) is 0 Å². The molecule has 0 saturated carbocycles. The minimum absolute atomic E-state index is 0.0419. The van der Waals surface area contributed by atoms with Crippen molar-refractivity contribution < 1.29 is 9.90 Å². The molecule has 4 N–H and O–H groups in total. The summed E-state index contributed by atoms with van der Waals surface area (Å²) in [5.41, 5.74) is 13.9. The molecule has 45 heavy (non-hydrogen) atoms. The number of aromatic nitrogens is 6. The number of anilines is 1. The van der Waals surface area contributed by atoms with Crippen molar-refractivity contribution in [3.05, 3.63) is 132 Å². The zero-order valence-electron chi connectivity index (χ0n) is 24.3. The number of pyridine rings is 2. The van der Waals surface area contributed by atoms with Gasteiger partial charge in [0.15, 0.2) is 11.5 Å². The predicted molar refractivity (Wildman–Crippen MR) is 173 cm³/mol. The number of rotatable bonds is 7. The highest BCUT2D eigenvalue weighted by Crippen LogP contribution is 2.31. The van der Waals surface area contributed by atoms with Crippen LogP contribution in [-0.2, 0) is 6.54 Å². The molecule has 3 aromatic carbocycles. The van der Waals surface area contributed by atoms with Crippen molar-refractivity contribution in [2.45, 2.75) is 13.5 Å². The molecule has 0 unspecified atom stereocenters. The summed E-state index contributed by atoms with van der Waals surface area (Å²) in [7, 11) is 0. The molecule has 4 aromatic heterocycles. The average Bonchev–Trinajstić information content (AvgIpc) is 3.62. The first-order valence-electron chi connectivity index (χ1n) is 14.3. The Hall–Kier alpha value is -6.29. The Balaban J connectivity index is 1.16. The van der Waals surface area contributed by atoms with Gasteiger partial charge < -0.3 is 16.2 Å². The molecule has 7 rings (SSSR count). The number of hydrogen-bond acceptors (Lipinski definition) is 7. The first-order valence-corrected chi connectivity index (χ1v) is 14.3. The van der Waals surface area contributed by atoms with E-state index in [1.54, 1.807) is 43.5 Å². The standard InChI is InChI=1S/C35H28N8O2/c1-22-20-31(44)43(41-22)27-15-11-25(12-16-27)35(45)38-21-23-9-13-26(14-10-23)42-33(28-8-5-19-37-32(28)36)40-30-18-17-29(39-34(30)42)24-6-3-2-4-7-24/h2-20,44H,21H2,1H3,(H2,36,37)(H,38,45). The fourth-order valence-corrected chi connectivity index (χ4v) is 5.24. The van der Waals surface area contributed by atoms with Gasteiger partial charge in [0.05, 0.1) is 22.6 Å². The van der Waals surface area contributed by atoms with E-state index in [0.717, 1.165) is 28.0 Å². The van der Waals surface area contributed by atoms with E-state index < -0.39 is 0 Å². The number of nitrogens with zero attached hydrogens (tertiary/aromatic N) is 6. The minimum Gasteiger partial charge on any atom is -0.493 e. The van der Waals surface area contributed by atoms with E-state index in [-0.39, 0.29) is 11.8 Å². The van der Waals surface area contributed by atoms with Crippen molar-refractivity contribution in [1.29, 1.82) is 0 Å². The van der Waals surface area contributed by atoms with Crippen LogP contribution in [0.5, 0.6) is 5.88 Å². The number of hydrogen-bond donors (Lipinski definition) is 3. The van der Waals surface area contributed by atoms with Gasteiger partial charge in [0.2, 0.25) is 5.88 Å². The van der Waals surface area contributed by atoms with Crippen LogP contribution in [0.25, 0.3) is 45.2 Å². The first-order chi connectivity index (χ1) is 21.9. The molecule has 1 amide bonds. The molecule has 0 aliphatic carbocycles. The van der Waals surface area contributed by atoms with Crippen molar-refractivity contribution in [3.63, 3.8) is 0 Å². The molecule has 0 radical (unpaired) electrons. The molecule has 220 valence electrons. The molecule has 4 heterocycles. The molecule has 10 heteroatoms. The molecule has 0 fully saturated rings. The Bertz CT molecular complexity index is 2150. The van der Waals surface area contributed by atoms with E-state index in [2.05, 4.69) is 15.4 Å². The highest BCUT2D eigenvalue weighted by Gasteiger charge is 2.19. The Labute approximate surface area is 258 Å². The van der Waals surface area contributed by atoms with Gasteiger partial charge in [-0.3, -0.25) is 9.36 Å². The first kappa shape index (κ1) is 27.5. The lowest BCUT2D eigenvalue weighted by molar-refractivity contribution is 0.0951. The number of fused-ring (bicyclic) bond motifs is 1. The summed E-state index contributed by atoms with van der Waals surface area (Å²) in [5.74, 6) is 0.844. The molecule has 0 atom stereocenters. The summed E-state index contributed by atoms with van der Waals surface area (Å²) in [6.45, 7) is 2.14. The maximum Gasteiger partial charge on any atom is 0.251 e. The Morgan fingerprint density at radius 1 is 0.867 bits per heavy atom. The van der Waals surface area contributed by atoms with Crippen LogP contribution in [-0.4, -0.2) is 40.3 Å². The van der Waals surface area contributed by atoms with Gasteiger partial charge in [0.25, 0.3) is 5.91 Å². The van der Waals surface area contributed by atoms with E-state index in [0.29, 0.717) is 46.3 Å². The average molecular weight is 593 g/mol. The number of benzene rings is 3. The van der Waals surface area contributed by atoms with E-state index >= 15 is 0 Å². The van der Waals surface area contributed by atoms with Gasteiger partial charge in [-0.25, -0.2) is 19.6 Å². The fraction of sp³-hybridized carbons (Fsp3) is 0.0571. The smallest absolute Gasteiger partial charge is 0.251 e. The Kier molecular flexibility index (Phi) is 6.99. The lowest BCUT2D eigenvalue weighted by Crippen LogP contribution is -2.22. The van der Waals surface area contributed by atoms with Crippen LogP contribution in [0.3, 0.4) is 0 Å². The summed E-state index contributed by atoms with van der Waals surface area (Å²) < 4.78 is 3.41. The van der Waals surface area contributed by atoms with Crippen LogP contribution in [0.2, 0.25) is 0 Å². The number of amides is 1. The van der Waals surface area contributed by atoms with Crippen molar-refractivity contribution in [2.75, 3.05) is 5.73 Å². The Morgan fingerprint density at radius 2 is 1.62 bits per heavy atom. The normalized spacial score (nSPS) is 11.1. The number of nitrogens with two attached hydrogens (primary N) is 1. The van der Waals surface area contributed by atoms with Gasteiger partial charge in [-0.15, -0.1) is 0 Å². The lowest BCUT2D eigenvalue weighted by Gasteiger charge is -2.12. The molecular formula is C35H28N8O2. The number of aryl methyl sites for hydroxylation is 1. The molecule has 0 bridgehead atoms. The maximum atomic E-state index is 12.9. The second-order valence-corrected chi connectivity index (χ2v) is 10.6. The van der Waals surface area contributed by atoms with Crippen LogP contribution >= 0.6 is 0 Å². The number of aromatic hydroxyl groups is 1. The highest BCUT2D eigenvalue weighted by atomic mass is 16.3. The van der Waals surface area contributed by atoms with E-state index in [1.807, 2.05) is 83.4 Å². The minimum atomic E-state index is -0.209. The molecule has 0 aliphatic heterocycles. The van der Waals surface area contributed by atoms with Gasteiger partial charge in [-0.2, -0.15) is 5.10 Å². The van der Waals surface area contributed by atoms with Crippen LogP contribution in [0.1, 0.15) is 21.6 Å². The summed E-state index contributed by atoms with van der Waals surface area (Å²) in [6.07, 6.45) is 1.65. The van der Waals surface area contributed by atoms with Gasteiger partial charge >= 0.3 is 0 Å². The summed E-state index contributed by atoms with van der Waals surface area (Å²) in [4.78, 5) is 27.1. The molecular weight excluding hydrogens is 564 g/mol. The summed E-state index contributed by atoms with van der Waals surface area (Å²) in [5, 5.41) is 17.3. The topological polar surface area (TPSA) is 137 Å². The predicted octanol–water partition coefficient (Wildman–Crippen LogP) is 5.86.